The van der Waals surface area contributed by atoms with E-state index in [0.29, 0.717) is 5.56 Å². The first kappa shape index (κ1) is 23.7. The first-order chi connectivity index (χ1) is 13.5. The van der Waals surface area contributed by atoms with Crippen LogP contribution in [0, 0.1) is 6.92 Å². The lowest BCUT2D eigenvalue weighted by Gasteiger charge is -2.14. The van der Waals surface area contributed by atoms with E-state index in [1.807, 2.05) is 37.3 Å². The molecule has 0 radical (unpaired) electrons. The molecule has 2 rings (SSSR count). The van der Waals surface area contributed by atoms with E-state index in [1.165, 1.54) is 18.4 Å². The van der Waals surface area contributed by atoms with Gasteiger partial charge < -0.3 is 10.1 Å². The Morgan fingerprint density at radius 3 is 2.29 bits per heavy atom. The van der Waals surface area contributed by atoms with Crippen LogP contribution in [0.3, 0.4) is 0 Å². The van der Waals surface area contributed by atoms with Crippen molar-refractivity contribution in [3.8, 4) is 5.75 Å². The number of anilines is 1. The molecular weight excluding hydrogens is 346 g/mol. The molecule has 0 bridgehead atoms. The summed E-state index contributed by atoms with van der Waals surface area (Å²) in [5.74, 6) is 0.831. The Hall–Kier alpha value is -2.29. The Morgan fingerprint density at radius 2 is 1.71 bits per heavy atom. The maximum absolute atomic E-state index is 12.6. The predicted molar refractivity (Wildman–Crippen MR) is 121 cm³/mol. The Bertz CT molecular complexity index is 735. The van der Waals surface area contributed by atoms with Crippen molar-refractivity contribution in [3.63, 3.8) is 0 Å². The molecule has 0 saturated heterocycles. The smallest absolute Gasteiger partial charge is 0.255 e. The normalized spacial score (nSPS) is 10.1. The lowest BCUT2D eigenvalue weighted by molar-refractivity contribution is 0.102. The molecular formula is C25H37NO2. The number of unbranched alkanes of at least 4 members (excludes halogenated alkanes) is 2. The number of aryl methyl sites for hydroxylation is 3. The molecule has 28 heavy (non-hydrogen) atoms. The third-order valence-corrected chi connectivity index (χ3v) is 4.70. The lowest BCUT2D eigenvalue weighted by atomic mass is 10.0. The van der Waals surface area contributed by atoms with Crippen molar-refractivity contribution >= 4 is 11.6 Å². The number of carbonyl (C=O) groups is 1. The SMILES string of the molecule is CCCC.CCCCc1cccc(C(=O)Nc2cc(C)c(OC)c(CC)c2)c1. The van der Waals surface area contributed by atoms with Gasteiger partial charge in [-0.15, -0.1) is 0 Å². The van der Waals surface area contributed by atoms with E-state index in [4.69, 9.17) is 4.74 Å². The maximum Gasteiger partial charge on any atom is 0.255 e. The Balaban J connectivity index is 0.000000892. The number of methoxy groups -OCH3 is 1. The van der Waals surface area contributed by atoms with Crippen molar-refractivity contribution in [2.75, 3.05) is 12.4 Å². The molecule has 3 nitrogen and oxygen atoms in total. The van der Waals surface area contributed by atoms with Gasteiger partial charge in [0.15, 0.2) is 0 Å². The van der Waals surface area contributed by atoms with Gasteiger partial charge in [-0.25, -0.2) is 0 Å². The van der Waals surface area contributed by atoms with Gasteiger partial charge in [-0.2, -0.15) is 0 Å². The summed E-state index contributed by atoms with van der Waals surface area (Å²) < 4.78 is 5.45. The standard InChI is InChI=1S/C21H27NO2.C4H10/c1-5-7-9-16-10-8-11-18(13-16)21(23)22-19-12-15(3)20(24-4)17(6-2)14-19;1-3-4-2/h8,10-14H,5-7,9H2,1-4H3,(H,22,23);3-4H2,1-2H3. The van der Waals surface area contributed by atoms with E-state index < -0.39 is 0 Å². The number of rotatable bonds is 8. The van der Waals surface area contributed by atoms with Gasteiger partial charge in [0.1, 0.15) is 5.75 Å². The van der Waals surface area contributed by atoms with Crippen LogP contribution in [-0.2, 0) is 12.8 Å². The highest BCUT2D eigenvalue weighted by Crippen LogP contribution is 2.28. The lowest BCUT2D eigenvalue weighted by Crippen LogP contribution is -2.13. The average Bonchev–Trinajstić information content (AvgIpc) is 2.72. The van der Waals surface area contributed by atoms with E-state index in [9.17, 15) is 4.79 Å². The molecule has 2 aromatic rings. The van der Waals surface area contributed by atoms with Crippen molar-refractivity contribution in [1.82, 2.24) is 0 Å². The summed E-state index contributed by atoms with van der Waals surface area (Å²) in [7, 11) is 1.68. The molecule has 0 spiro atoms. The molecule has 0 saturated carbocycles. The minimum absolute atomic E-state index is 0.0695. The Kier molecular flexibility index (Phi) is 11.0. The van der Waals surface area contributed by atoms with E-state index in [2.05, 4.69) is 39.1 Å². The summed E-state index contributed by atoms with van der Waals surface area (Å²) in [6.07, 6.45) is 6.81. The van der Waals surface area contributed by atoms with Gasteiger partial charge in [0, 0.05) is 11.3 Å². The van der Waals surface area contributed by atoms with Gasteiger partial charge >= 0.3 is 0 Å². The highest BCUT2D eigenvalue weighted by Gasteiger charge is 2.11. The summed E-state index contributed by atoms with van der Waals surface area (Å²) in [4.78, 5) is 12.6. The monoisotopic (exact) mass is 383 g/mol. The zero-order valence-corrected chi connectivity index (χ0v) is 18.5. The van der Waals surface area contributed by atoms with Crippen molar-refractivity contribution in [3.05, 3.63) is 58.7 Å². The minimum atomic E-state index is -0.0695. The van der Waals surface area contributed by atoms with Crippen molar-refractivity contribution in [2.45, 2.75) is 73.1 Å². The van der Waals surface area contributed by atoms with E-state index in [0.717, 1.165) is 48.2 Å². The average molecular weight is 384 g/mol. The first-order valence-electron chi connectivity index (χ1n) is 10.6. The van der Waals surface area contributed by atoms with Crippen LogP contribution in [0.15, 0.2) is 36.4 Å². The van der Waals surface area contributed by atoms with Crippen LogP contribution in [0.5, 0.6) is 5.75 Å². The fourth-order valence-corrected chi connectivity index (χ4v) is 2.93. The summed E-state index contributed by atoms with van der Waals surface area (Å²) in [6, 6.07) is 11.8. The molecule has 0 atom stereocenters. The topological polar surface area (TPSA) is 38.3 Å². The van der Waals surface area contributed by atoms with E-state index >= 15 is 0 Å². The van der Waals surface area contributed by atoms with Gasteiger partial charge in [-0.05, 0) is 67.1 Å². The predicted octanol–water partition coefficient (Wildman–Crippen LogP) is 6.97. The van der Waals surface area contributed by atoms with Gasteiger partial charge in [0.05, 0.1) is 7.11 Å². The molecule has 0 heterocycles. The second-order valence-corrected chi connectivity index (χ2v) is 7.10. The van der Waals surface area contributed by atoms with Gasteiger partial charge in [0.2, 0.25) is 0 Å². The molecule has 0 unspecified atom stereocenters. The van der Waals surface area contributed by atoms with E-state index in [-0.39, 0.29) is 5.91 Å². The third-order valence-electron chi connectivity index (χ3n) is 4.70. The molecule has 0 fully saturated rings. The molecule has 154 valence electrons. The molecule has 3 heteroatoms. The quantitative estimate of drug-likeness (QED) is 0.534. The molecule has 2 aromatic carbocycles. The fourth-order valence-electron chi connectivity index (χ4n) is 2.93. The number of amides is 1. The van der Waals surface area contributed by atoms with Crippen LogP contribution in [0.25, 0.3) is 0 Å². The number of hydrogen-bond donors (Lipinski definition) is 1. The number of ether oxygens (including phenoxy) is 1. The van der Waals surface area contributed by atoms with Crippen molar-refractivity contribution < 1.29 is 9.53 Å². The van der Waals surface area contributed by atoms with Gasteiger partial charge in [-0.3, -0.25) is 4.79 Å². The fraction of sp³-hybridized carbons (Fsp3) is 0.480. The Labute approximate surface area is 171 Å². The maximum atomic E-state index is 12.6. The van der Waals surface area contributed by atoms with Crippen LogP contribution >= 0.6 is 0 Å². The molecule has 0 aromatic heterocycles. The number of nitrogens with one attached hydrogen (secondary N) is 1. The van der Waals surface area contributed by atoms with Crippen LogP contribution in [0.1, 0.15) is 80.4 Å². The van der Waals surface area contributed by atoms with Crippen LogP contribution in [-0.4, -0.2) is 13.0 Å². The summed E-state index contributed by atoms with van der Waals surface area (Å²) >= 11 is 0. The summed E-state index contributed by atoms with van der Waals surface area (Å²) in [5.41, 5.74) is 4.86. The van der Waals surface area contributed by atoms with Crippen molar-refractivity contribution in [1.29, 1.82) is 0 Å². The third kappa shape index (κ3) is 7.38. The summed E-state index contributed by atoms with van der Waals surface area (Å²) in [5, 5.41) is 3.01. The molecule has 0 aliphatic rings. The molecule has 0 aliphatic heterocycles. The number of benzene rings is 2. The van der Waals surface area contributed by atoms with Crippen LogP contribution in [0.2, 0.25) is 0 Å². The van der Waals surface area contributed by atoms with E-state index in [1.54, 1.807) is 7.11 Å². The highest BCUT2D eigenvalue weighted by atomic mass is 16.5. The molecule has 0 aliphatic carbocycles. The van der Waals surface area contributed by atoms with Gasteiger partial charge in [0.25, 0.3) is 5.91 Å². The first-order valence-corrected chi connectivity index (χ1v) is 10.6. The molecule has 1 amide bonds. The second kappa shape index (κ2) is 13.0. The zero-order valence-electron chi connectivity index (χ0n) is 18.5. The number of hydrogen-bond acceptors (Lipinski definition) is 2. The van der Waals surface area contributed by atoms with Crippen LogP contribution in [0.4, 0.5) is 5.69 Å². The molecule has 1 N–H and O–H groups in total. The minimum Gasteiger partial charge on any atom is -0.496 e. The van der Waals surface area contributed by atoms with Crippen molar-refractivity contribution in [2.24, 2.45) is 0 Å². The second-order valence-electron chi connectivity index (χ2n) is 7.10. The number of carbonyl (C=O) groups excluding carboxylic acids is 1. The Morgan fingerprint density at radius 1 is 1.00 bits per heavy atom. The van der Waals surface area contributed by atoms with Gasteiger partial charge in [-0.1, -0.05) is 59.1 Å². The largest absolute Gasteiger partial charge is 0.496 e. The zero-order chi connectivity index (χ0) is 20.9. The highest BCUT2D eigenvalue weighted by molar-refractivity contribution is 6.04. The van der Waals surface area contributed by atoms with Crippen LogP contribution < -0.4 is 10.1 Å². The summed E-state index contributed by atoms with van der Waals surface area (Å²) in [6.45, 7) is 10.6.